The highest BCUT2D eigenvalue weighted by Crippen LogP contribution is 2.49. The molecule has 5 rings (SSSR count). The van der Waals surface area contributed by atoms with E-state index in [2.05, 4.69) is 9.71 Å². The van der Waals surface area contributed by atoms with Gasteiger partial charge in [-0.3, -0.25) is 9.52 Å². The van der Waals surface area contributed by atoms with Gasteiger partial charge < -0.3 is 9.30 Å². The molecule has 34 heavy (non-hydrogen) atoms. The Balaban J connectivity index is 1.50. The fourth-order valence-corrected chi connectivity index (χ4v) is 5.98. The van der Waals surface area contributed by atoms with Gasteiger partial charge in [0.05, 0.1) is 27.9 Å². The monoisotopic (exact) mass is 503 g/mol. The van der Waals surface area contributed by atoms with Crippen LogP contribution >= 0.6 is 11.6 Å². The molecular formula is C22H19ClFN5O4S. The molecule has 1 spiro atoms. The van der Waals surface area contributed by atoms with Crippen molar-refractivity contribution in [2.24, 2.45) is 12.5 Å². The van der Waals surface area contributed by atoms with Crippen molar-refractivity contribution in [1.29, 1.82) is 5.26 Å². The summed E-state index contributed by atoms with van der Waals surface area (Å²) in [5, 5.41) is 9.53. The molecule has 1 aromatic heterocycles. The van der Waals surface area contributed by atoms with Crippen LogP contribution in [0, 0.1) is 22.6 Å². The van der Waals surface area contributed by atoms with Gasteiger partial charge in [-0.25, -0.2) is 9.37 Å². The number of rotatable bonds is 5. The lowest BCUT2D eigenvalue weighted by Crippen LogP contribution is -2.62. The topological polar surface area (TPSA) is 117 Å². The number of ether oxygens (including phenoxy) is 1. The zero-order chi connectivity index (χ0) is 24.3. The molecule has 0 amide bonds. The van der Waals surface area contributed by atoms with E-state index in [1.54, 1.807) is 6.07 Å². The Morgan fingerprint density at radius 1 is 1.29 bits per heavy atom. The molecule has 1 aliphatic carbocycles. The molecule has 0 radical (unpaired) electrons. The van der Waals surface area contributed by atoms with Gasteiger partial charge >= 0.3 is 10.2 Å². The number of aryl methyl sites for hydroxylation is 1. The van der Waals surface area contributed by atoms with Crippen molar-refractivity contribution >= 4 is 38.4 Å². The second-order valence-electron chi connectivity index (χ2n) is 8.71. The van der Waals surface area contributed by atoms with Crippen molar-refractivity contribution in [3.8, 4) is 17.6 Å². The standard InChI is InChI=1S/C22H19ClFN5O4S/c1-28-12-26-17-4-3-13(7-14(17)21(28)30)33-20-15(9-25)18(8-16(23)19(20)24)27-34(31,32)29-10-22(11-29)5-2-6-22/h3-4,7-8,12,27H,2,5-6,10-11H2,1H3. The number of halogens is 2. The molecular weight excluding hydrogens is 485 g/mol. The first-order valence-electron chi connectivity index (χ1n) is 10.5. The molecule has 12 heteroatoms. The number of hydrogen-bond acceptors (Lipinski definition) is 6. The van der Waals surface area contributed by atoms with Crippen molar-refractivity contribution in [1.82, 2.24) is 13.9 Å². The summed E-state index contributed by atoms with van der Waals surface area (Å²) in [6, 6.07) is 7.18. The van der Waals surface area contributed by atoms with E-state index in [0.29, 0.717) is 18.6 Å². The number of nitrogens with one attached hydrogen (secondary N) is 1. The average Bonchev–Trinajstić information content (AvgIpc) is 2.72. The van der Waals surface area contributed by atoms with Crippen LogP contribution in [0.15, 0.2) is 35.4 Å². The third kappa shape index (κ3) is 3.68. The van der Waals surface area contributed by atoms with E-state index in [-0.39, 0.29) is 33.4 Å². The molecule has 1 aliphatic heterocycles. The van der Waals surface area contributed by atoms with E-state index < -0.39 is 26.8 Å². The zero-order valence-electron chi connectivity index (χ0n) is 18.0. The summed E-state index contributed by atoms with van der Waals surface area (Å²) in [5.74, 6) is -1.52. The molecule has 2 aliphatic rings. The minimum absolute atomic E-state index is 0.0544. The SMILES string of the molecule is Cn1cnc2ccc(Oc3c(F)c(Cl)cc(NS(=O)(=O)N4CC5(CCC5)C4)c3C#N)cc2c1=O. The maximum atomic E-state index is 14.9. The fourth-order valence-electron chi connectivity index (χ4n) is 4.33. The van der Waals surface area contributed by atoms with Crippen LogP contribution < -0.4 is 15.0 Å². The van der Waals surface area contributed by atoms with Crippen LogP contribution in [0.5, 0.6) is 11.5 Å². The number of nitrogens with zero attached hydrogens (tertiary/aromatic N) is 4. The molecule has 9 nitrogen and oxygen atoms in total. The van der Waals surface area contributed by atoms with Crippen LogP contribution in [0.3, 0.4) is 0 Å². The van der Waals surface area contributed by atoms with Crippen molar-refractivity contribution in [2.45, 2.75) is 19.3 Å². The van der Waals surface area contributed by atoms with Gasteiger partial charge in [-0.2, -0.15) is 18.0 Å². The largest absolute Gasteiger partial charge is 0.453 e. The zero-order valence-corrected chi connectivity index (χ0v) is 19.6. The molecule has 2 fully saturated rings. The summed E-state index contributed by atoms with van der Waals surface area (Å²) in [4.78, 5) is 16.5. The van der Waals surface area contributed by atoms with Crippen LogP contribution in [0.1, 0.15) is 24.8 Å². The highest BCUT2D eigenvalue weighted by atomic mass is 35.5. The van der Waals surface area contributed by atoms with Gasteiger partial charge in [0.2, 0.25) is 0 Å². The molecule has 1 saturated carbocycles. The van der Waals surface area contributed by atoms with E-state index in [1.165, 1.54) is 40.4 Å². The lowest BCUT2D eigenvalue weighted by molar-refractivity contribution is -0.00752. The van der Waals surface area contributed by atoms with Gasteiger partial charge in [-0.1, -0.05) is 18.0 Å². The first-order chi connectivity index (χ1) is 16.1. The van der Waals surface area contributed by atoms with Gasteiger partial charge in [-0.15, -0.1) is 0 Å². The van der Waals surface area contributed by atoms with E-state index in [9.17, 15) is 22.9 Å². The average molecular weight is 504 g/mol. The quantitative estimate of drug-likeness (QED) is 0.569. The van der Waals surface area contributed by atoms with Crippen LogP contribution in [-0.2, 0) is 17.3 Å². The van der Waals surface area contributed by atoms with Crippen molar-refractivity contribution in [2.75, 3.05) is 17.8 Å². The Morgan fingerprint density at radius 3 is 2.68 bits per heavy atom. The van der Waals surface area contributed by atoms with Crippen LogP contribution in [0.2, 0.25) is 5.02 Å². The summed E-state index contributed by atoms with van der Waals surface area (Å²) in [7, 11) is -2.43. The third-order valence-electron chi connectivity index (χ3n) is 6.41. The first kappa shape index (κ1) is 22.6. The van der Waals surface area contributed by atoms with E-state index in [0.717, 1.165) is 25.3 Å². The second kappa shape index (κ2) is 7.94. The van der Waals surface area contributed by atoms with Crippen LogP contribution in [0.25, 0.3) is 10.9 Å². The number of fused-ring (bicyclic) bond motifs is 1. The summed E-state index contributed by atoms with van der Waals surface area (Å²) in [6.07, 6.45) is 4.45. The molecule has 1 N–H and O–H groups in total. The highest BCUT2D eigenvalue weighted by molar-refractivity contribution is 7.90. The number of aromatic nitrogens is 2. The lowest BCUT2D eigenvalue weighted by atomic mass is 9.65. The van der Waals surface area contributed by atoms with Gasteiger partial charge in [0, 0.05) is 20.1 Å². The van der Waals surface area contributed by atoms with Crippen molar-refractivity contribution in [3.05, 3.63) is 57.3 Å². The van der Waals surface area contributed by atoms with Crippen molar-refractivity contribution in [3.63, 3.8) is 0 Å². The predicted molar refractivity (Wildman–Crippen MR) is 124 cm³/mol. The highest BCUT2D eigenvalue weighted by Gasteiger charge is 2.51. The van der Waals surface area contributed by atoms with E-state index >= 15 is 0 Å². The van der Waals surface area contributed by atoms with Gasteiger partial charge in [0.1, 0.15) is 17.4 Å². The van der Waals surface area contributed by atoms with Gasteiger partial charge in [0.15, 0.2) is 11.6 Å². The molecule has 0 bridgehead atoms. The second-order valence-corrected chi connectivity index (χ2v) is 10.8. The summed E-state index contributed by atoms with van der Waals surface area (Å²) in [5.41, 5.74) is -0.436. The summed E-state index contributed by atoms with van der Waals surface area (Å²) in [6.45, 7) is 0.811. The fraction of sp³-hybridized carbons (Fsp3) is 0.318. The summed E-state index contributed by atoms with van der Waals surface area (Å²) < 4.78 is 51.2. The Labute approximate surface area is 199 Å². The smallest absolute Gasteiger partial charge is 0.301 e. The van der Waals surface area contributed by atoms with Crippen LogP contribution in [-0.4, -0.2) is 35.4 Å². The Hall–Kier alpha value is -3.20. The first-order valence-corrected chi connectivity index (χ1v) is 12.3. The minimum Gasteiger partial charge on any atom is -0.453 e. The number of hydrogen-bond donors (Lipinski definition) is 1. The number of anilines is 1. The van der Waals surface area contributed by atoms with E-state index in [1.807, 2.05) is 0 Å². The Bertz CT molecular complexity index is 1540. The molecule has 0 atom stereocenters. The molecule has 3 aromatic rings. The van der Waals surface area contributed by atoms with Crippen molar-refractivity contribution < 1.29 is 17.5 Å². The number of nitriles is 1. The number of benzene rings is 2. The molecule has 176 valence electrons. The van der Waals surface area contributed by atoms with Gasteiger partial charge in [-0.05, 0) is 42.5 Å². The predicted octanol–water partition coefficient (Wildman–Crippen LogP) is 3.53. The maximum Gasteiger partial charge on any atom is 0.301 e. The van der Waals surface area contributed by atoms with E-state index in [4.69, 9.17) is 16.3 Å². The Kier molecular flexibility index (Phi) is 5.27. The molecule has 1 saturated heterocycles. The van der Waals surface area contributed by atoms with Crippen LogP contribution in [0.4, 0.5) is 10.1 Å². The third-order valence-corrected chi connectivity index (χ3v) is 8.10. The Morgan fingerprint density at radius 2 is 2.03 bits per heavy atom. The minimum atomic E-state index is -3.97. The molecule has 2 heterocycles. The molecule has 2 aromatic carbocycles. The maximum absolute atomic E-state index is 14.9. The normalized spacial score (nSPS) is 17.1. The summed E-state index contributed by atoms with van der Waals surface area (Å²) >= 11 is 6.01. The molecule has 0 unspecified atom stereocenters. The van der Waals surface area contributed by atoms with Gasteiger partial charge in [0.25, 0.3) is 5.56 Å². The lowest BCUT2D eigenvalue weighted by Gasteiger charge is -2.54.